The summed E-state index contributed by atoms with van der Waals surface area (Å²) in [5, 5.41) is 10.4. The van der Waals surface area contributed by atoms with Gasteiger partial charge in [-0.05, 0) is 38.0 Å². The maximum atomic E-state index is 12.7. The lowest BCUT2D eigenvalue weighted by Crippen LogP contribution is -2.35. The van der Waals surface area contributed by atoms with E-state index in [4.69, 9.17) is 4.42 Å². The van der Waals surface area contributed by atoms with Crippen LogP contribution in [0.3, 0.4) is 0 Å². The summed E-state index contributed by atoms with van der Waals surface area (Å²) in [5.41, 5.74) is 1.71. The van der Waals surface area contributed by atoms with E-state index in [1.54, 1.807) is 0 Å². The molecule has 0 radical (unpaired) electrons. The van der Waals surface area contributed by atoms with Crippen LogP contribution in [-0.4, -0.2) is 29.0 Å². The van der Waals surface area contributed by atoms with Crippen molar-refractivity contribution in [3.8, 4) is 0 Å². The zero-order valence-corrected chi connectivity index (χ0v) is 13.2. The second-order valence-corrected chi connectivity index (χ2v) is 7.31. The Morgan fingerprint density at radius 3 is 2.62 bits per heavy atom. The minimum absolute atomic E-state index is 0.00777. The molecular weight excluding hydrogens is 266 g/mol. The zero-order chi connectivity index (χ0) is 15.2. The van der Waals surface area contributed by atoms with Crippen molar-refractivity contribution in [3.05, 3.63) is 22.6 Å². The first kappa shape index (κ1) is 14.6. The van der Waals surface area contributed by atoms with Gasteiger partial charge in [-0.2, -0.15) is 0 Å². The van der Waals surface area contributed by atoms with Gasteiger partial charge in [-0.25, -0.2) is 0 Å². The molecule has 0 unspecified atom stereocenters. The number of aliphatic hydroxyl groups excluding tert-OH is 1. The molecule has 2 heterocycles. The number of furan rings is 1. The Balaban J connectivity index is 1.93. The van der Waals surface area contributed by atoms with Gasteiger partial charge in [0, 0.05) is 30.6 Å². The first-order valence-corrected chi connectivity index (χ1v) is 7.98. The van der Waals surface area contributed by atoms with Gasteiger partial charge in [-0.1, -0.05) is 13.8 Å². The molecular formula is C17H25NO3. The van der Waals surface area contributed by atoms with Gasteiger partial charge in [0.05, 0.1) is 6.10 Å². The molecule has 1 fully saturated rings. The zero-order valence-electron chi connectivity index (χ0n) is 13.2. The molecule has 1 aliphatic carbocycles. The van der Waals surface area contributed by atoms with Crippen LogP contribution in [0.1, 0.15) is 73.1 Å². The molecule has 0 aromatic carbocycles. The number of nitrogens with zero attached hydrogens (tertiary/aromatic N) is 1. The Hall–Kier alpha value is -1.29. The molecule has 1 aromatic rings. The first-order valence-electron chi connectivity index (χ1n) is 7.98. The third-order valence-corrected chi connectivity index (χ3v) is 4.83. The number of rotatable bonds is 1. The quantitative estimate of drug-likeness (QED) is 0.864. The molecule has 1 aliphatic heterocycles. The molecule has 0 saturated carbocycles. The average Bonchev–Trinajstić information content (AvgIpc) is 2.74. The molecule has 1 aromatic heterocycles. The van der Waals surface area contributed by atoms with Crippen molar-refractivity contribution in [2.45, 2.75) is 59.0 Å². The summed E-state index contributed by atoms with van der Waals surface area (Å²) < 4.78 is 5.91. The molecule has 4 heteroatoms. The number of amides is 1. The van der Waals surface area contributed by atoms with Gasteiger partial charge >= 0.3 is 0 Å². The van der Waals surface area contributed by atoms with E-state index >= 15 is 0 Å². The van der Waals surface area contributed by atoms with Crippen LogP contribution in [-0.2, 0) is 6.42 Å². The summed E-state index contributed by atoms with van der Waals surface area (Å²) in [7, 11) is 0. The van der Waals surface area contributed by atoms with Crippen LogP contribution in [0.5, 0.6) is 0 Å². The molecule has 1 atom stereocenters. The van der Waals surface area contributed by atoms with Crippen LogP contribution in [0.25, 0.3) is 0 Å². The summed E-state index contributed by atoms with van der Waals surface area (Å²) in [6, 6.07) is 0. The van der Waals surface area contributed by atoms with Crippen molar-refractivity contribution in [3.63, 3.8) is 0 Å². The van der Waals surface area contributed by atoms with Crippen molar-refractivity contribution in [2.24, 2.45) is 5.41 Å². The van der Waals surface area contributed by atoms with Crippen molar-refractivity contribution in [2.75, 3.05) is 13.1 Å². The smallest absolute Gasteiger partial charge is 0.289 e. The standard InChI is InChI=1S/C17H25NO3/c1-11-14-12(19)9-17(2,3)10-13(14)21-15(11)16(20)18-7-5-4-6-8-18/h12,19H,4-10H2,1-3H3/t12-/m0/s1. The van der Waals surface area contributed by atoms with Gasteiger partial charge < -0.3 is 14.4 Å². The molecule has 1 amide bonds. The Labute approximate surface area is 126 Å². The van der Waals surface area contributed by atoms with E-state index in [1.807, 2.05) is 11.8 Å². The Morgan fingerprint density at radius 2 is 1.95 bits per heavy atom. The predicted octanol–water partition coefficient (Wildman–Crippen LogP) is 3.22. The fourth-order valence-corrected chi connectivity index (χ4v) is 3.73. The lowest BCUT2D eigenvalue weighted by atomic mass is 9.75. The Morgan fingerprint density at radius 1 is 1.29 bits per heavy atom. The minimum Gasteiger partial charge on any atom is -0.455 e. The number of piperidine rings is 1. The maximum Gasteiger partial charge on any atom is 0.289 e. The number of likely N-dealkylation sites (tertiary alicyclic amines) is 1. The van der Waals surface area contributed by atoms with E-state index in [1.165, 1.54) is 6.42 Å². The highest BCUT2D eigenvalue weighted by atomic mass is 16.4. The van der Waals surface area contributed by atoms with Crippen LogP contribution in [0, 0.1) is 12.3 Å². The molecule has 21 heavy (non-hydrogen) atoms. The molecule has 4 nitrogen and oxygen atoms in total. The Bertz CT molecular complexity index is 553. The third kappa shape index (κ3) is 2.61. The molecule has 0 spiro atoms. The van der Waals surface area contributed by atoms with Crippen LogP contribution in [0.2, 0.25) is 0 Å². The van der Waals surface area contributed by atoms with Gasteiger partial charge in [0.2, 0.25) is 0 Å². The first-order chi connectivity index (χ1) is 9.89. The van der Waals surface area contributed by atoms with Crippen molar-refractivity contribution >= 4 is 5.91 Å². The normalized spacial score (nSPS) is 24.8. The van der Waals surface area contributed by atoms with Crippen LogP contribution in [0.15, 0.2) is 4.42 Å². The van der Waals surface area contributed by atoms with Gasteiger partial charge in [0.1, 0.15) is 5.76 Å². The van der Waals surface area contributed by atoms with Gasteiger partial charge in [0.15, 0.2) is 5.76 Å². The highest BCUT2D eigenvalue weighted by Crippen LogP contribution is 2.44. The molecule has 1 N–H and O–H groups in total. The lowest BCUT2D eigenvalue weighted by molar-refractivity contribution is 0.0682. The molecule has 2 aliphatic rings. The van der Waals surface area contributed by atoms with Crippen LogP contribution >= 0.6 is 0 Å². The molecule has 3 rings (SSSR count). The predicted molar refractivity (Wildman–Crippen MR) is 80.3 cm³/mol. The van der Waals surface area contributed by atoms with E-state index in [2.05, 4.69) is 13.8 Å². The SMILES string of the molecule is Cc1c(C(=O)N2CCCCC2)oc2c1[C@@H](O)CC(C)(C)C2. The second-order valence-electron chi connectivity index (χ2n) is 7.31. The largest absolute Gasteiger partial charge is 0.455 e. The highest BCUT2D eigenvalue weighted by molar-refractivity contribution is 5.93. The van der Waals surface area contributed by atoms with Crippen LogP contribution in [0.4, 0.5) is 0 Å². The molecule has 1 saturated heterocycles. The number of carbonyl (C=O) groups excluding carboxylic acids is 1. The Kier molecular flexibility index (Phi) is 3.60. The van der Waals surface area contributed by atoms with Crippen LogP contribution < -0.4 is 0 Å². The average molecular weight is 291 g/mol. The van der Waals surface area contributed by atoms with Gasteiger partial charge in [-0.15, -0.1) is 0 Å². The van der Waals surface area contributed by atoms with E-state index < -0.39 is 6.10 Å². The highest BCUT2D eigenvalue weighted by Gasteiger charge is 2.37. The van der Waals surface area contributed by atoms with Crippen molar-refractivity contribution < 1.29 is 14.3 Å². The van der Waals surface area contributed by atoms with Crippen molar-refractivity contribution in [1.82, 2.24) is 4.90 Å². The number of carbonyl (C=O) groups is 1. The summed E-state index contributed by atoms with van der Waals surface area (Å²) in [6.45, 7) is 7.79. The van der Waals surface area contributed by atoms with Crippen molar-refractivity contribution in [1.29, 1.82) is 0 Å². The minimum atomic E-state index is -0.518. The summed E-state index contributed by atoms with van der Waals surface area (Å²) >= 11 is 0. The monoisotopic (exact) mass is 291 g/mol. The third-order valence-electron chi connectivity index (χ3n) is 4.83. The maximum absolute atomic E-state index is 12.7. The lowest BCUT2D eigenvalue weighted by Gasteiger charge is -2.31. The fraction of sp³-hybridized carbons (Fsp3) is 0.706. The van der Waals surface area contributed by atoms with E-state index in [0.717, 1.165) is 55.7 Å². The summed E-state index contributed by atoms with van der Waals surface area (Å²) in [5.74, 6) is 1.24. The van der Waals surface area contributed by atoms with E-state index in [-0.39, 0.29) is 11.3 Å². The topological polar surface area (TPSA) is 53.7 Å². The van der Waals surface area contributed by atoms with Gasteiger partial charge in [0.25, 0.3) is 5.91 Å². The number of hydrogen-bond acceptors (Lipinski definition) is 3. The summed E-state index contributed by atoms with van der Waals surface area (Å²) in [6.07, 6.45) is 4.33. The molecule has 116 valence electrons. The van der Waals surface area contributed by atoms with E-state index in [9.17, 15) is 9.90 Å². The van der Waals surface area contributed by atoms with Gasteiger partial charge in [-0.3, -0.25) is 4.79 Å². The fourth-order valence-electron chi connectivity index (χ4n) is 3.73. The summed E-state index contributed by atoms with van der Waals surface area (Å²) in [4.78, 5) is 14.5. The number of fused-ring (bicyclic) bond motifs is 1. The molecule has 0 bridgehead atoms. The second kappa shape index (κ2) is 5.16. The number of aliphatic hydroxyl groups is 1. The number of hydrogen-bond donors (Lipinski definition) is 1. The van der Waals surface area contributed by atoms with E-state index in [0.29, 0.717) is 5.76 Å².